The molecule has 0 bridgehead atoms. The molecule has 2 aromatic rings. The number of aromatic nitrogens is 1. The number of hydrazine groups is 1. The zero-order chi connectivity index (χ0) is 12.3. The van der Waals surface area contributed by atoms with E-state index in [0.29, 0.717) is 0 Å². The number of nitrogens with two attached hydrogens (primary N) is 1. The highest BCUT2D eigenvalue weighted by molar-refractivity contribution is 9.10. The molecule has 0 amide bonds. The smallest absolute Gasteiger partial charge is 0.0794 e. The fourth-order valence-corrected chi connectivity index (χ4v) is 2.68. The molecule has 3 N–H and O–H groups in total. The Bertz CT molecular complexity index is 485. The molecule has 5 heteroatoms. The van der Waals surface area contributed by atoms with Crippen molar-refractivity contribution in [1.82, 2.24) is 10.4 Å². The highest BCUT2D eigenvalue weighted by Crippen LogP contribution is 2.24. The molecule has 3 nitrogen and oxygen atoms in total. The number of halogens is 1. The van der Waals surface area contributed by atoms with Crippen molar-refractivity contribution in [1.29, 1.82) is 0 Å². The third kappa shape index (κ3) is 3.13. The predicted octanol–water partition coefficient (Wildman–Crippen LogP) is 2.96. The van der Waals surface area contributed by atoms with Gasteiger partial charge in [-0.1, -0.05) is 28.1 Å². The van der Waals surface area contributed by atoms with Crippen molar-refractivity contribution in [3.63, 3.8) is 0 Å². The van der Waals surface area contributed by atoms with Crippen LogP contribution in [0.5, 0.6) is 0 Å². The Morgan fingerprint density at radius 2 is 2.35 bits per heavy atom. The van der Waals surface area contributed by atoms with E-state index < -0.39 is 0 Å². The SMILES string of the molecule is Cc1ccc(C(Cc2cncs2)NN)cc1Br. The Kier molecular flexibility index (Phi) is 4.28. The normalized spacial score (nSPS) is 12.6. The van der Waals surface area contributed by atoms with Crippen LogP contribution in [0.25, 0.3) is 0 Å². The first-order chi connectivity index (χ1) is 8.20. The van der Waals surface area contributed by atoms with Crippen LogP contribution in [-0.2, 0) is 6.42 Å². The summed E-state index contributed by atoms with van der Waals surface area (Å²) in [5, 5.41) is 0. The zero-order valence-electron chi connectivity index (χ0n) is 9.48. The summed E-state index contributed by atoms with van der Waals surface area (Å²) in [5.41, 5.74) is 7.11. The molecule has 0 aliphatic heterocycles. The van der Waals surface area contributed by atoms with Crippen LogP contribution in [0.1, 0.15) is 22.0 Å². The molecule has 1 unspecified atom stereocenters. The third-order valence-electron chi connectivity index (χ3n) is 2.69. The van der Waals surface area contributed by atoms with Crippen molar-refractivity contribution < 1.29 is 0 Å². The van der Waals surface area contributed by atoms with Crippen molar-refractivity contribution in [3.8, 4) is 0 Å². The summed E-state index contributed by atoms with van der Waals surface area (Å²) in [4.78, 5) is 5.30. The monoisotopic (exact) mass is 311 g/mol. The number of thiazole rings is 1. The van der Waals surface area contributed by atoms with Crippen LogP contribution >= 0.6 is 27.3 Å². The number of aryl methyl sites for hydroxylation is 1. The van der Waals surface area contributed by atoms with Crippen molar-refractivity contribution in [2.75, 3.05) is 0 Å². The van der Waals surface area contributed by atoms with Gasteiger partial charge in [0.05, 0.1) is 11.6 Å². The second-order valence-corrected chi connectivity index (χ2v) is 5.72. The van der Waals surface area contributed by atoms with E-state index in [1.165, 1.54) is 16.0 Å². The number of rotatable bonds is 4. The van der Waals surface area contributed by atoms with Crippen LogP contribution in [-0.4, -0.2) is 4.98 Å². The van der Waals surface area contributed by atoms with Gasteiger partial charge in [0.15, 0.2) is 0 Å². The number of benzene rings is 1. The van der Waals surface area contributed by atoms with Gasteiger partial charge >= 0.3 is 0 Å². The van der Waals surface area contributed by atoms with Gasteiger partial charge in [-0.15, -0.1) is 11.3 Å². The lowest BCUT2D eigenvalue weighted by Crippen LogP contribution is -2.29. The maximum Gasteiger partial charge on any atom is 0.0794 e. The number of hydrogen-bond donors (Lipinski definition) is 2. The van der Waals surface area contributed by atoms with Crippen LogP contribution in [0, 0.1) is 6.92 Å². The molecule has 0 aliphatic carbocycles. The first-order valence-corrected chi connectivity index (χ1v) is 6.97. The summed E-state index contributed by atoms with van der Waals surface area (Å²) in [6.07, 6.45) is 2.74. The van der Waals surface area contributed by atoms with Gasteiger partial charge in [-0.25, -0.2) is 0 Å². The summed E-state index contributed by atoms with van der Waals surface area (Å²) >= 11 is 5.19. The van der Waals surface area contributed by atoms with E-state index >= 15 is 0 Å². The standard InChI is InChI=1S/C12H14BrN3S/c1-8-2-3-9(4-11(8)13)12(16-14)5-10-6-15-7-17-10/h2-4,6-7,12,16H,5,14H2,1H3. The third-order valence-corrected chi connectivity index (χ3v) is 4.34. The molecule has 17 heavy (non-hydrogen) atoms. The summed E-state index contributed by atoms with van der Waals surface area (Å²) in [6, 6.07) is 6.43. The van der Waals surface area contributed by atoms with Crippen LogP contribution in [0.2, 0.25) is 0 Å². The molecular formula is C12H14BrN3S. The Hall–Kier alpha value is -0.750. The number of hydrogen-bond acceptors (Lipinski definition) is 4. The van der Waals surface area contributed by atoms with Gasteiger partial charge in [-0.2, -0.15) is 0 Å². The topological polar surface area (TPSA) is 50.9 Å². The molecule has 90 valence electrons. The van der Waals surface area contributed by atoms with Gasteiger partial charge in [0.2, 0.25) is 0 Å². The van der Waals surface area contributed by atoms with Crippen molar-refractivity contribution >= 4 is 27.3 Å². The Balaban J connectivity index is 2.20. The molecule has 0 saturated heterocycles. The lowest BCUT2D eigenvalue weighted by molar-refractivity contribution is 0.555. The summed E-state index contributed by atoms with van der Waals surface area (Å²) in [5.74, 6) is 5.63. The summed E-state index contributed by atoms with van der Waals surface area (Å²) in [7, 11) is 0. The average Bonchev–Trinajstić information content (AvgIpc) is 2.82. The molecule has 0 fully saturated rings. The molecule has 1 aromatic carbocycles. The van der Waals surface area contributed by atoms with Crippen molar-refractivity contribution in [2.45, 2.75) is 19.4 Å². The van der Waals surface area contributed by atoms with E-state index in [2.05, 4.69) is 51.5 Å². The van der Waals surface area contributed by atoms with Crippen molar-refractivity contribution in [2.24, 2.45) is 5.84 Å². The first-order valence-electron chi connectivity index (χ1n) is 5.30. The molecule has 2 rings (SSSR count). The quantitative estimate of drug-likeness (QED) is 0.674. The summed E-state index contributed by atoms with van der Waals surface area (Å²) in [6.45, 7) is 2.07. The van der Waals surface area contributed by atoms with Crippen LogP contribution < -0.4 is 11.3 Å². The molecule has 1 atom stereocenters. The lowest BCUT2D eigenvalue weighted by Gasteiger charge is -2.16. The van der Waals surface area contributed by atoms with E-state index in [-0.39, 0.29) is 6.04 Å². The van der Waals surface area contributed by atoms with Gasteiger partial charge in [0.1, 0.15) is 0 Å². The van der Waals surface area contributed by atoms with E-state index in [4.69, 9.17) is 5.84 Å². The Morgan fingerprint density at radius 1 is 1.53 bits per heavy atom. The largest absolute Gasteiger partial charge is 0.271 e. The average molecular weight is 312 g/mol. The minimum atomic E-state index is 0.118. The number of nitrogens with one attached hydrogen (secondary N) is 1. The molecule has 0 spiro atoms. The van der Waals surface area contributed by atoms with Gasteiger partial charge < -0.3 is 0 Å². The minimum absolute atomic E-state index is 0.118. The molecule has 0 saturated carbocycles. The molecule has 0 radical (unpaired) electrons. The van der Waals surface area contributed by atoms with Gasteiger partial charge in [-0.3, -0.25) is 16.3 Å². The lowest BCUT2D eigenvalue weighted by atomic mass is 10.0. The second-order valence-electron chi connectivity index (χ2n) is 3.90. The fraction of sp³-hybridized carbons (Fsp3) is 0.250. The van der Waals surface area contributed by atoms with E-state index in [1.54, 1.807) is 11.3 Å². The van der Waals surface area contributed by atoms with Gasteiger partial charge in [0.25, 0.3) is 0 Å². The molecule has 0 aliphatic rings. The maximum absolute atomic E-state index is 5.63. The fourth-order valence-electron chi connectivity index (χ4n) is 1.64. The van der Waals surface area contributed by atoms with Crippen LogP contribution in [0.4, 0.5) is 0 Å². The first kappa shape index (κ1) is 12.7. The zero-order valence-corrected chi connectivity index (χ0v) is 11.9. The van der Waals surface area contributed by atoms with Gasteiger partial charge in [0, 0.05) is 22.0 Å². The number of nitrogens with zero attached hydrogens (tertiary/aromatic N) is 1. The highest BCUT2D eigenvalue weighted by Gasteiger charge is 2.12. The highest BCUT2D eigenvalue weighted by atomic mass is 79.9. The van der Waals surface area contributed by atoms with E-state index in [9.17, 15) is 0 Å². The predicted molar refractivity (Wildman–Crippen MR) is 74.8 cm³/mol. The molecular weight excluding hydrogens is 298 g/mol. The van der Waals surface area contributed by atoms with Gasteiger partial charge in [-0.05, 0) is 24.1 Å². The second kappa shape index (κ2) is 5.73. The van der Waals surface area contributed by atoms with E-state index in [0.717, 1.165) is 10.9 Å². The van der Waals surface area contributed by atoms with E-state index in [1.807, 2.05) is 11.7 Å². The van der Waals surface area contributed by atoms with Crippen LogP contribution in [0.3, 0.4) is 0 Å². The molecule has 1 heterocycles. The van der Waals surface area contributed by atoms with Crippen molar-refractivity contribution in [3.05, 3.63) is 50.4 Å². The Morgan fingerprint density at radius 3 is 2.94 bits per heavy atom. The van der Waals surface area contributed by atoms with Crippen LogP contribution in [0.15, 0.2) is 34.4 Å². The summed E-state index contributed by atoms with van der Waals surface area (Å²) < 4.78 is 1.11. The Labute approximate surface area is 113 Å². The molecule has 1 aromatic heterocycles. The minimum Gasteiger partial charge on any atom is -0.271 e. The maximum atomic E-state index is 5.63.